The van der Waals surface area contributed by atoms with Crippen molar-refractivity contribution < 1.29 is 0 Å². The van der Waals surface area contributed by atoms with Gasteiger partial charge >= 0.3 is 0 Å². The molecule has 0 saturated heterocycles. The van der Waals surface area contributed by atoms with Crippen LogP contribution in [0.2, 0.25) is 0 Å². The molecule has 120 valence electrons. The van der Waals surface area contributed by atoms with E-state index in [2.05, 4.69) is 64.7 Å². The maximum Gasteiger partial charge on any atom is 0.131 e. The van der Waals surface area contributed by atoms with Crippen molar-refractivity contribution in [2.75, 3.05) is 18.0 Å². The third kappa shape index (κ3) is 6.47. The van der Waals surface area contributed by atoms with Gasteiger partial charge in [0.1, 0.15) is 5.82 Å². The molecule has 1 aromatic heterocycles. The molecule has 0 atom stereocenters. The Labute approximate surface area is 131 Å². The van der Waals surface area contributed by atoms with Crippen molar-refractivity contribution >= 4 is 5.82 Å². The molecule has 0 fully saturated rings. The van der Waals surface area contributed by atoms with Gasteiger partial charge in [-0.15, -0.1) is 0 Å². The number of hydrogen-bond acceptors (Lipinski definition) is 3. The number of hydrogen-bond donors (Lipinski definition) is 1. The van der Waals surface area contributed by atoms with Crippen LogP contribution in [0.4, 0.5) is 5.82 Å². The first-order valence-corrected chi connectivity index (χ1v) is 8.23. The van der Waals surface area contributed by atoms with Crippen LogP contribution in [0.15, 0.2) is 12.3 Å². The molecule has 0 aliphatic carbocycles. The van der Waals surface area contributed by atoms with Crippen molar-refractivity contribution in [3.63, 3.8) is 0 Å². The van der Waals surface area contributed by atoms with E-state index in [1.165, 1.54) is 11.1 Å². The number of rotatable bonds is 8. The van der Waals surface area contributed by atoms with Gasteiger partial charge in [-0.05, 0) is 36.0 Å². The van der Waals surface area contributed by atoms with Gasteiger partial charge in [-0.1, -0.05) is 41.5 Å². The van der Waals surface area contributed by atoms with E-state index >= 15 is 0 Å². The number of aryl methyl sites for hydroxylation is 1. The first-order chi connectivity index (χ1) is 9.79. The number of anilines is 1. The van der Waals surface area contributed by atoms with Crippen LogP contribution in [0.5, 0.6) is 0 Å². The topological polar surface area (TPSA) is 28.2 Å². The van der Waals surface area contributed by atoms with Crippen LogP contribution in [0.25, 0.3) is 0 Å². The van der Waals surface area contributed by atoms with Crippen LogP contribution in [0.1, 0.15) is 52.7 Å². The van der Waals surface area contributed by atoms with E-state index in [1.807, 2.05) is 6.20 Å². The predicted molar refractivity (Wildman–Crippen MR) is 92.8 cm³/mol. The fourth-order valence-electron chi connectivity index (χ4n) is 2.50. The summed E-state index contributed by atoms with van der Waals surface area (Å²) in [6, 6.07) is 2.77. The van der Waals surface area contributed by atoms with Gasteiger partial charge in [0.25, 0.3) is 0 Å². The average Bonchev–Trinajstić information content (AvgIpc) is 2.34. The molecule has 0 aromatic carbocycles. The predicted octanol–water partition coefficient (Wildman–Crippen LogP) is 4.01. The zero-order valence-electron chi connectivity index (χ0n) is 14.9. The zero-order chi connectivity index (χ0) is 16.0. The monoisotopic (exact) mass is 291 g/mol. The number of nitrogens with zero attached hydrogens (tertiary/aromatic N) is 2. The van der Waals surface area contributed by atoms with Gasteiger partial charge < -0.3 is 10.2 Å². The smallest absolute Gasteiger partial charge is 0.131 e. The summed E-state index contributed by atoms with van der Waals surface area (Å²) in [7, 11) is 0. The van der Waals surface area contributed by atoms with Crippen molar-refractivity contribution in [1.82, 2.24) is 10.3 Å². The molecule has 3 heteroatoms. The number of aromatic nitrogens is 1. The molecule has 1 aromatic rings. The Balaban J connectivity index is 2.88. The van der Waals surface area contributed by atoms with E-state index in [9.17, 15) is 0 Å². The first kappa shape index (κ1) is 18.0. The van der Waals surface area contributed by atoms with Crippen LogP contribution >= 0.6 is 0 Å². The van der Waals surface area contributed by atoms with Crippen molar-refractivity contribution in [2.45, 2.75) is 61.1 Å². The fourth-order valence-corrected chi connectivity index (χ4v) is 2.50. The molecule has 0 unspecified atom stereocenters. The molecular weight excluding hydrogens is 258 g/mol. The summed E-state index contributed by atoms with van der Waals surface area (Å²) >= 11 is 0. The highest BCUT2D eigenvalue weighted by Crippen LogP contribution is 2.20. The van der Waals surface area contributed by atoms with Gasteiger partial charge in [-0.3, -0.25) is 0 Å². The van der Waals surface area contributed by atoms with Crippen molar-refractivity contribution in [2.24, 2.45) is 11.8 Å². The van der Waals surface area contributed by atoms with Crippen molar-refractivity contribution in [3.8, 4) is 0 Å². The van der Waals surface area contributed by atoms with Gasteiger partial charge in [0.2, 0.25) is 0 Å². The second-order valence-corrected chi connectivity index (χ2v) is 7.21. The third-order valence-corrected chi connectivity index (χ3v) is 3.29. The maximum atomic E-state index is 4.75. The van der Waals surface area contributed by atoms with Gasteiger partial charge in [0.05, 0.1) is 0 Å². The lowest BCUT2D eigenvalue weighted by Gasteiger charge is -2.29. The normalized spacial score (nSPS) is 11.7. The van der Waals surface area contributed by atoms with Crippen molar-refractivity contribution in [3.05, 3.63) is 23.4 Å². The second-order valence-electron chi connectivity index (χ2n) is 7.21. The molecule has 0 saturated carbocycles. The lowest BCUT2D eigenvalue weighted by Crippen LogP contribution is -2.32. The highest BCUT2D eigenvalue weighted by atomic mass is 15.2. The summed E-state index contributed by atoms with van der Waals surface area (Å²) in [5, 5.41) is 3.45. The summed E-state index contributed by atoms with van der Waals surface area (Å²) in [5.74, 6) is 2.44. The third-order valence-electron chi connectivity index (χ3n) is 3.29. The minimum Gasteiger partial charge on any atom is -0.356 e. The van der Waals surface area contributed by atoms with Crippen LogP contribution in [0, 0.1) is 18.8 Å². The quantitative estimate of drug-likeness (QED) is 0.784. The molecule has 1 heterocycles. The fraction of sp³-hybridized carbons (Fsp3) is 0.722. The SMILES string of the molecule is Cc1cc(CNC(C)C)cnc1N(CC(C)C)CC(C)C. The minimum absolute atomic E-state index is 0.503. The Morgan fingerprint density at radius 2 is 1.62 bits per heavy atom. The largest absolute Gasteiger partial charge is 0.356 e. The maximum absolute atomic E-state index is 4.75. The summed E-state index contributed by atoms with van der Waals surface area (Å²) in [6.45, 7) is 18.6. The zero-order valence-corrected chi connectivity index (χ0v) is 14.9. The molecule has 0 radical (unpaired) electrons. The van der Waals surface area contributed by atoms with Crippen LogP contribution in [-0.4, -0.2) is 24.1 Å². The second kappa shape index (κ2) is 8.38. The number of pyridine rings is 1. The molecule has 0 amide bonds. The van der Waals surface area contributed by atoms with Crippen LogP contribution < -0.4 is 10.2 Å². The molecule has 0 aliphatic rings. The summed E-state index contributed by atoms with van der Waals surface area (Å²) in [5.41, 5.74) is 2.54. The highest BCUT2D eigenvalue weighted by Gasteiger charge is 2.14. The Morgan fingerprint density at radius 3 is 2.05 bits per heavy atom. The highest BCUT2D eigenvalue weighted by molar-refractivity contribution is 5.47. The summed E-state index contributed by atoms with van der Waals surface area (Å²) in [6.07, 6.45) is 2.02. The average molecular weight is 291 g/mol. The van der Waals surface area contributed by atoms with Gasteiger partial charge in [-0.2, -0.15) is 0 Å². The minimum atomic E-state index is 0.503. The summed E-state index contributed by atoms with van der Waals surface area (Å²) in [4.78, 5) is 7.18. The van der Waals surface area contributed by atoms with E-state index in [4.69, 9.17) is 4.98 Å². The van der Waals surface area contributed by atoms with E-state index in [0.29, 0.717) is 17.9 Å². The molecule has 1 rings (SSSR count). The van der Waals surface area contributed by atoms with E-state index < -0.39 is 0 Å². The number of nitrogens with one attached hydrogen (secondary N) is 1. The lowest BCUT2D eigenvalue weighted by molar-refractivity contribution is 0.547. The lowest BCUT2D eigenvalue weighted by atomic mass is 10.1. The Hall–Kier alpha value is -1.09. The van der Waals surface area contributed by atoms with E-state index in [1.54, 1.807) is 0 Å². The van der Waals surface area contributed by atoms with Gasteiger partial charge in [0, 0.05) is 31.9 Å². The van der Waals surface area contributed by atoms with Crippen molar-refractivity contribution in [1.29, 1.82) is 0 Å². The Kier molecular flexibility index (Phi) is 7.16. The summed E-state index contributed by atoms with van der Waals surface area (Å²) < 4.78 is 0. The first-order valence-electron chi connectivity index (χ1n) is 8.23. The van der Waals surface area contributed by atoms with Crippen LogP contribution in [-0.2, 0) is 6.54 Å². The Morgan fingerprint density at radius 1 is 1.05 bits per heavy atom. The molecule has 3 nitrogen and oxygen atoms in total. The van der Waals surface area contributed by atoms with E-state index in [0.717, 1.165) is 25.5 Å². The van der Waals surface area contributed by atoms with Gasteiger partial charge in [-0.25, -0.2) is 4.98 Å². The van der Waals surface area contributed by atoms with Gasteiger partial charge in [0.15, 0.2) is 0 Å². The molecule has 21 heavy (non-hydrogen) atoms. The molecule has 0 spiro atoms. The standard InChI is InChI=1S/C18H33N3/c1-13(2)11-21(12-14(3)4)18-16(7)8-17(10-20-18)9-19-15(5)6/h8,10,13-15,19H,9,11-12H2,1-7H3. The molecule has 1 N–H and O–H groups in total. The molecule has 0 aliphatic heterocycles. The Bertz CT molecular complexity index is 414. The molecule has 0 bridgehead atoms. The van der Waals surface area contributed by atoms with Crippen LogP contribution in [0.3, 0.4) is 0 Å². The molecular formula is C18H33N3. The van der Waals surface area contributed by atoms with E-state index in [-0.39, 0.29) is 0 Å².